The Kier molecular flexibility index (Phi) is 6.18. The third kappa shape index (κ3) is 4.35. The van der Waals surface area contributed by atoms with Crippen LogP contribution in [0, 0.1) is 0 Å². The molecule has 3 N–H and O–H groups in total. The molecule has 1 aromatic carbocycles. The standard InChI is InChI=1S/C13H21N3O2/c1-16(8-5-9-18-2)10-11-6-3-4-7-12(11)13(14)15-17/h3-4,6-7,17H,5,8-10H2,1-2H3,(H2,14,15). The Morgan fingerprint density at radius 2 is 2.17 bits per heavy atom. The molecule has 0 bridgehead atoms. The molecule has 0 atom stereocenters. The molecule has 0 amide bonds. The maximum atomic E-state index is 8.75. The molecule has 0 heterocycles. The van der Waals surface area contributed by atoms with E-state index < -0.39 is 0 Å². The Bertz CT molecular complexity index is 394. The van der Waals surface area contributed by atoms with Gasteiger partial charge in [-0.05, 0) is 19.0 Å². The number of benzene rings is 1. The van der Waals surface area contributed by atoms with Gasteiger partial charge in [0, 0.05) is 32.4 Å². The first-order valence-electron chi connectivity index (χ1n) is 5.92. The lowest BCUT2D eigenvalue weighted by atomic mass is 10.1. The third-order valence-corrected chi connectivity index (χ3v) is 2.73. The summed E-state index contributed by atoms with van der Waals surface area (Å²) in [6.45, 7) is 2.46. The molecule has 0 aliphatic heterocycles. The number of oxime groups is 1. The summed E-state index contributed by atoms with van der Waals surface area (Å²) in [5.74, 6) is 0.149. The van der Waals surface area contributed by atoms with E-state index in [9.17, 15) is 0 Å². The molecule has 5 nitrogen and oxygen atoms in total. The van der Waals surface area contributed by atoms with Crippen molar-refractivity contribution < 1.29 is 9.94 Å². The van der Waals surface area contributed by atoms with Crippen LogP contribution in [-0.2, 0) is 11.3 Å². The highest BCUT2D eigenvalue weighted by molar-refractivity contribution is 5.98. The lowest BCUT2D eigenvalue weighted by Gasteiger charge is -2.18. The van der Waals surface area contributed by atoms with Crippen LogP contribution in [0.1, 0.15) is 17.5 Å². The first kappa shape index (κ1) is 14.5. The van der Waals surface area contributed by atoms with Crippen LogP contribution in [0.2, 0.25) is 0 Å². The van der Waals surface area contributed by atoms with Crippen molar-refractivity contribution in [2.75, 3.05) is 27.3 Å². The molecule has 0 fully saturated rings. The van der Waals surface area contributed by atoms with E-state index in [1.54, 1.807) is 7.11 Å². The minimum Gasteiger partial charge on any atom is -0.409 e. The van der Waals surface area contributed by atoms with Crippen LogP contribution in [0.25, 0.3) is 0 Å². The van der Waals surface area contributed by atoms with Crippen molar-refractivity contribution in [1.82, 2.24) is 4.90 Å². The Balaban J connectivity index is 2.66. The molecule has 18 heavy (non-hydrogen) atoms. The number of hydrogen-bond acceptors (Lipinski definition) is 4. The van der Waals surface area contributed by atoms with Crippen molar-refractivity contribution in [3.05, 3.63) is 35.4 Å². The molecule has 100 valence electrons. The van der Waals surface area contributed by atoms with Crippen molar-refractivity contribution in [2.24, 2.45) is 10.9 Å². The van der Waals surface area contributed by atoms with E-state index in [0.29, 0.717) is 0 Å². The number of nitrogens with two attached hydrogens (primary N) is 1. The average Bonchev–Trinajstić information content (AvgIpc) is 2.39. The quantitative estimate of drug-likeness (QED) is 0.251. The summed E-state index contributed by atoms with van der Waals surface area (Å²) in [6.07, 6.45) is 0.985. The molecule has 1 rings (SSSR count). The van der Waals surface area contributed by atoms with Crippen molar-refractivity contribution in [3.8, 4) is 0 Å². The fraction of sp³-hybridized carbons (Fsp3) is 0.462. The Morgan fingerprint density at radius 3 is 2.83 bits per heavy atom. The van der Waals surface area contributed by atoms with Gasteiger partial charge in [-0.3, -0.25) is 0 Å². The van der Waals surface area contributed by atoms with Crippen LogP contribution in [0.15, 0.2) is 29.4 Å². The summed E-state index contributed by atoms with van der Waals surface area (Å²) < 4.78 is 5.02. The van der Waals surface area contributed by atoms with E-state index in [2.05, 4.69) is 10.1 Å². The zero-order valence-electron chi connectivity index (χ0n) is 11.0. The zero-order valence-corrected chi connectivity index (χ0v) is 11.0. The van der Waals surface area contributed by atoms with Gasteiger partial charge in [-0.15, -0.1) is 0 Å². The molecule has 1 aromatic rings. The lowest BCUT2D eigenvalue weighted by molar-refractivity contribution is 0.178. The highest BCUT2D eigenvalue weighted by Gasteiger charge is 2.08. The molecule has 0 unspecified atom stereocenters. The largest absolute Gasteiger partial charge is 0.409 e. The van der Waals surface area contributed by atoms with Crippen molar-refractivity contribution in [2.45, 2.75) is 13.0 Å². The van der Waals surface area contributed by atoms with E-state index >= 15 is 0 Å². The molecule has 0 saturated heterocycles. The average molecular weight is 251 g/mol. The van der Waals surface area contributed by atoms with Crippen molar-refractivity contribution >= 4 is 5.84 Å². The van der Waals surface area contributed by atoms with Crippen LogP contribution in [0.5, 0.6) is 0 Å². The predicted octanol–water partition coefficient (Wildman–Crippen LogP) is 1.25. The second-order valence-electron chi connectivity index (χ2n) is 4.23. The molecule has 0 aliphatic carbocycles. The summed E-state index contributed by atoms with van der Waals surface area (Å²) in [5, 5.41) is 11.8. The van der Waals surface area contributed by atoms with Gasteiger partial charge in [0.05, 0.1) is 0 Å². The fourth-order valence-electron chi connectivity index (χ4n) is 1.81. The van der Waals surface area contributed by atoms with E-state index in [4.69, 9.17) is 15.7 Å². The highest BCUT2D eigenvalue weighted by Crippen LogP contribution is 2.11. The van der Waals surface area contributed by atoms with Crippen LogP contribution >= 0.6 is 0 Å². The lowest BCUT2D eigenvalue weighted by Crippen LogP contribution is -2.23. The maximum absolute atomic E-state index is 8.75. The van der Waals surface area contributed by atoms with Gasteiger partial charge in [-0.2, -0.15) is 0 Å². The van der Waals surface area contributed by atoms with E-state index in [0.717, 1.165) is 37.2 Å². The van der Waals surface area contributed by atoms with Crippen LogP contribution in [0.3, 0.4) is 0 Å². The summed E-state index contributed by atoms with van der Waals surface area (Å²) in [6, 6.07) is 7.67. The first-order chi connectivity index (χ1) is 8.69. The summed E-state index contributed by atoms with van der Waals surface area (Å²) in [5.41, 5.74) is 7.48. The first-order valence-corrected chi connectivity index (χ1v) is 5.92. The van der Waals surface area contributed by atoms with E-state index in [1.807, 2.05) is 31.3 Å². The van der Waals surface area contributed by atoms with Gasteiger partial charge in [0.15, 0.2) is 5.84 Å². The minimum atomic E-state index is 0.149. The molecule has 0 saturated carbocycles. The molecule has 0 spiro atoms. The summed E-state index contributed by atoms with van der Waals surface area (Å²) >= 11 is 0. The Labute approximate surface area is 108 Å². The molecule has 0 aliphatic rings. The van der Waals surface area contributed by atoms with Gasteiger partial charge in [-0.25, -0.2) is 0 Å². The number of amidine groups is 1. The minimum absolute atomic E-state index is 0.149. The molecular weight excluding hydrogens is 230 g/mol. The number of rotatable bonds is 7. The van der Waals surface area contributed by atoms with Crippen LogP contribution in [-0.4, -0.2) is 43.3 Å². The maximum Gasteiger partial charge on any atom is 0.170 e. The third-order valence-electron chi connectivity index (χ3n) is 2.73. The van der Waals surface area contributed by atoms with Crippen LogP contribution in [0.4, 0.5) is 0 Å². The molecule has 5 heteroatoms. The van der Waals surface area contributed by atoms with E-state index in [-0.39, 0.29) is 5.84 Å². The second-order valence-corrected chi connectivity index (χ2v) is 4.23. The van der Waals surface area contributed by atoms with Gasteiger partial charge < -0.3 is 20.6 Å². The second kappa shape index (κ2) is 7.68. The van der Waals surface area contributed by atoms with Crippen LogP contribution < -0.4 is 5.73 Å². The number of hydrogen-bond donors (Lipinski definition) is 2. The van der Waals surface area contributed by atoms with Gasteiger partial charge in [0.2, 0.25) is 0 Å². The predicted molar refractivity (Wildman–Crippen MR) is 71.8 cm³/mol. The topological polar surface area (TPSA) is 71.1 Å². The summed E-state index contributed by atoms with van der Waals surface area (Å²) in [7, 11) is 3.74. The smallest absolute Gasteiger partial charge is 0.170 e. The number of ether oxygens (including phenoxy) is 1. The highest BCUT2D eigenvalue weighted by atomic mass is 16.5. The SMILES string of the molecule is COCCCN(C)Cc1ccccc1C(N)=NO. The molecule has 0 radical (unpaired) electrons. The monoisotopic (exact) mass is 251 g/mol. The van der Waals surface area contributed by atoms with E-state index in [1.165, 1.54) is 0 Å². The Hall–Kier alpha value is -1.59. The van der Waals surface area contributed by atoms with Gasteiger partial charge >= 0.3 is 0 Å². The van der Waals surface area contributed by atoms with Gasteiger partial charge in [0.1, 0.15) is 0 Å². The van der Waals surface area contributed by atoms with Crippen molar-refractivity contribution in [1.29, 1.82) is 0 Å². The van der Waals surface area contributed by atoms with Gasteiger partial charge in [-0.1, -0.05) is 29.4 Å². The summed E-state index contributed by atoms with van der Waals surface area (Å²) in [4.78, 5) is 2.18. The van der Waals surface area contributed by atoms with Gasteiger partial charge in [0.25, 0.3) is 0 Å². The molecular formula is C13H21N3O2. The number of methoxy groups -OCH3 is 1. The Morgan fingerprint density at radius 1 is 1.44 bits per heavy atom. The number of nitrogens with zero attached hydrogens (tertiary/aromatic N) is 2. The molecule has 0 aromatic heterocycles. The fourth-order valence-corrected chi connectivity index (χ4v) is 1.81. The zero-order chi connectivity index (χ0) is 13.4. The van der Waals surface area contributed by atoms with Crippen molar-refractivity contribution in [3.63, 3.8) is 0 Å². The normalized spacial score (nSPS) is 12.1.